The summed E-state index contributed by atoms with van der Waals surface area (Å²) in [6.07, 6.45) is 6.13. The van der Waals surface area contributed by atoms with Crippen LogP contribution >= 0.6 is 11.6 Å². The number of anilines is 1. The normalized spacial score (nSPS) is 30.3. The van der Waals surface area contributed by atoms with Crippen molar-refractivity contribution in [2.75, 3.05) is 11.9 Å². The fourth-order valence-corrected chi connectivity index (χ4v) is 5.40. The molecule has 3 aliphatic rings. The van der Waals surface area contributed by atoms with E-state index in [2.05, 4.69) is 25.6 Å². The van der Waals surface area contributed by atoms with E-state index in [0.717, 1.165) is 51.4 Å². The van der Waals surface area contributed by atoms with Gasteiger partial charge in [-0.25, -0.2) is 9.78 Å². The average molecular weight is 495 g/mol. The molecule has 3 heterocycles. The number of fused-ring (bicyclic) bond motifs is 1. The van der Waals surface area contributed by atoms with Crippen LogP contribution < -0.4 is 10.6 Å². The number of hydrogen-bond donors (Lipinski definition) is 4. The first-order chi connectivity index (χ1) is 16.3. The van der Waals surface area contributed by atoms with E-state index in [0.29, 0.717) is 23.0 Å². The lowest BCUT2D eigenvalue weighted by Crippen LogP contribution is -2.45. The van der Waals surface area contributed by atoms with Gasteiger partial charge in [0, 0.05) is 12.1 Å². The number of carbonyl (C=O) groups is 1. The summed E-state index contributed by atoms with van der Waals surface area (Å²) in [5.41, 5.74) is -0.820. The molecular formula is C22H31ClN6O5. The molecule has 0 bridgehead atoms. The number of rotatable bonds is 6. The first-order valence-corrected chi connectivity index (χ1v) is 12.4. The van der Waals surface area contributed by atoms with E-state index in [4.69, 9.17) is 21.1 Å². The van der Waals surface area contributed by atoms with Crippen molar-refractivity contribution < 1.29 is 24.5 Å². The maximum Gasteiger partial charge on any atom is 0.407 e. The minimum Gasteiger partial charge on any atom is -0.447 e. The number of aromatic nitrogens is 4. The summed E-state index contributed by atoms with van der Waals surface area (Å²) < 4.78 is 12.8. The summed E-state index contributed by atoms with van der Waals surface area (Å²) in [7, 11) is 0. The molecule has 4 N–H and O–H groups in total. The van der Waals surface area contributed by atoms with Crippen LogP contribution in [0.15, 0.2) is 6.33 Å². The van der Waals surface area contributed by atoms with Crippen molar-refractivity contribution in [3.8, 4) is 0 Å². The lowest BCUT2D eigenvalue weighted by molar-refractivity contribution is -0.0951. The van der Waals surface area contributed by atoms with Crippen LogP contribution in [-0.4, -0.2) is 72.3 Å². The summed E-state index contributed by atoms with van der Waals surface area (Å²) in [5, 5.41) is 28.1. The summed E-state index contributed by atoms with van der Waals surface area (Å²) in [6.45, 7) is 1.26. The van der Waals surface area contributed by atoms with E-state index < -0.39 is 30.1 Å². The van der Waals surface area contributed by atoms with Gasteiger partial charge in [0.25, 0.3) is 0 Å². The highest BCUT2D eigenvalue weighted by Gasteiger charge is 2.54. The van der Waals surface area contributed by atoms with Gasteiger partial charge in [-0.3, -0.25) is 4.57 Å². The zero-order chi connectivity index (χ0) is 23.9. The van der Waals surface area contributed by atoms with Crippen molar-refractivity contribution in [2.45, 2.75) is 94.4 Å². The van der Waals surface area contributed by atoms with Crippen LogP contribution in [0, 0.1) is 0 Å². The van der Waals surface area contributed by atoms with E-state index in [1.807, 2.05) is 0 Å². The summed E-state index contributed by atoms with van der Waals surface area (Å²) in [5.74, 6) is 0.530. The SMILES string of the molecule is C[C@@]1(O)[C@H](O)[C@@H](COC(=O)NC2CCCC2)O[C@H]1n1cnc2c(NC3CCCC3)nc(Cl)nc21. The molecule has 0 unspecified atom stereocenters. The molecule has 2 saturated carbocycles. The molecule has 4 atom stereocenters. The third-order valence-electron chi connectivity index (χ3n) is 7.15. The number of alkyl carbamates (subject to hydrolysis) is 1. The van der Waals surface area contributed by atoms with Gasteiger partial charge in [0.2, 0.25) is 5.28 Å². The lowest BCUT2D eigenvalue weighted by atomic mass is 9.96. The van der Waals surface area contributed by atoms with Crippen molar-refractivity contribution in [2.24, 2.45) is 0 Å². The van der Waals surface area contributed by atoms with E-state index in [1.54, 1.807) is 0 Å². The number of aliphatic hydroxyl groups excluding tert-OH is 1. The molecule has 1 saturated heterocycles. The van der Waals surface area contributed by atoms with Gasteiger partial charge < -0.3 is 30.3 Å². The lowest BCUT2D eigenvalue weighted by Gasteiger charge is -2.27. The van der Waals surface area contributed by atoms with Gasteiger partial charge >= 0.3 is 6.09 Å². The number of amides is 1. The van der Waals surface area contributed by atoms with E-state index in [1.165, 1.54) is 17.8 Å². The predicted octanol–water partition coefficient (Wildman–Crippen LogP) is 2.51. The number of aliphatic hydroxyl groups is 2. The molecule has 1 aliphatic heterocycles. The van der Waals surface area contributed by atoms with Gasteiger partial charge in [-0.1, -0.05) is 25.7 Å². The van der Waals surface area contributed by atoms with Crippen molar-refractivity contribution in [3.63, 3.8) is 0 Å². The Morgan fingerprint density at radius 1 is 1.24 bits per heavy atom. The van der Waals surface area contributed by atoms with E-state index in [9.17, 15) is 15.0 Å². The molecule has 11 nitrogen and oxygen atoms in total. The summed E-state index contributed by atoms with van der Waals surface area (Å²) >= 11 is 6.21. The Hall–Kier alpha value is -2.21. The maximum absolute atomic E-state index is 12.1. The number of ether oxygens (including phenoxy) is 2. The van der Waals surface area contributed by atoms with Crippen molar-refractivity contribution in [1.29, 1.82) is 0 Å². The number of nitrogens with one attached hydrogen (secondary N) is 2. The standard InChI is InChI=1S/C22H31ClN6O5/c1-22(32)16(30)14(10-33-21(31)26-13-8-4-5-9-13)34-19(22)29-11-24-15-17(25-12-6-2-3-7-12)27-20(23)28-18(15)29/h11-14,16,19,30,32H,2-10H2,1H3,(H,26,31)(H,25,27,28)/t14-,16-,19-,22-/m1/s1. The third-order valence-corrected chi connectivity index (χ3v) is 7.32. The van der Waals surface area contributed by atoms with Crippen LogP contribution in [0.5, 0.6) is 0 Å². The highest BCUT2D eigenvalue weighted by molar-refractivity contribution is 6.28. The van der Waals surface area contributed by atoms with Crippen molar-refractivity contribution >= 4 is 34.7 Å². The minimum absolute atomic E-state index is 0.0383. The number of imidazole rings is 1. The van der Waals surface area contributed by atoms with Crippen LogP contribution in [0.25, 0.3) is 11.2 Å². The molecular weight excluding hydrogens is 464 g/mol. The van der Waals surface area contributed by atoms with Crippen molar-refractivity contribution in [1.82, 2.24) is 24.8 Å². The molecule has 2 aromatic heterocycles. The van der Waals surface area contributed by atoms with Gasteiger partial charge in [-0.15, -0.1) is 0 Å². The molecule has 0 aromatic carbocycles. The predicted molar refractivity (Wildman–Crippen MR) is 123 cm³/mol. The molecule has 5 rings (SSSR count). The molecule has 34 heavy (non-hydrogen) atoms. The number of hydrogen-bond acceptors (Lipinski definition) is 9. The summed E-state index contributed by atoms with van der Waals surface area (Å²) in [6, 6.07) is 0.412. The first-order valence-electron chi connectivity index (χ1n) is 12.0. The molecule has 2 aromatic rings. The number of carbonyl (C=O) groups excluding carboxylic acids is 1. The second kappa shape index (κ2) is 9.44. The topological polar surface area (TPSA) is 144 Å². The van der Waals surface area contributed by atoms with Gasteiger partial charge in [0.1, 0.15) is 24.4 Å². The van der Waals surface area contributed by atoms with Crippen molar-refractivity contribution in [3.05, 3.63) is 11.6 Å². The quantitative estimate of drug-likeness (QED) is 0.445. The minimum atomic E-state index is -1.69. The first kappa shape index (κ1) is 23.5. The largest absolute Gasteiger partial charge is 0.447 e. The van der Waals surface area contributed by atoms with E-state index in [-0.39, 0.29) is 17.9 Å². The summed E-state index contributed by atoms with van der Waals surface area (Å²) in [4.78, 5) is 25.2. The van der Waals surface area contributed by atoms with Crippen LogP contribution in [0.1, 0.15) is 64.5 Å². The van der Waals surface area contributed by atoms with Gasteiger partial charge in [0.15, 0.2) is 23.2 Å². The molecule has 1 amide bonds. The molecule has 186 valence electrons. The smallest absolute Gasteiger partial charge is 0.407 e. The second-order valence-corrected chi connectivity index (χ2v) is 10.1. The highest BCUT2D eigenvalue weighted by Crippen LogP contribution is 2.40. The second-order valence-electron chi connectivity index (χ2n) is 9.71. The number of nitrogens with zero attached hydrogens (tertiary/aromatic N) is 4. The van der Waals surface area contributed by atoms with Crippen LogP contribution in [-0.2, 0) is 9.47 Å². The maximum atomic E-state index is 12.1. The third kappa shape index (κ3) is 4.53. The average Bonchev–Trinajstić information content (AvgIpc) is 3.58. The molecule has 0 radical (unpaired) electrons. The van der Waals surface area contributed by atoms with Gasteiger partial charge in [-0.2, -0.15) is 9.97 Å². The molecule has 3 fully saturated rings. The monoisotopic (exact) mass is 494 g/mol. The highest BCUT2D eigenvalue weighted by atomic mass is 35.5. The van der Waals surface area contributed by atoms with Gasteiger partial charge in [0.05, 0.1) is 6.33 Å². The Morgan fingerprint density at radius 2 is 1.91 bits per heavy atom. The van der Waals surface area contributed by atoms with E-state index >= 15 is 0 Å². The molecule has 0 spiro atoms. The van der Waals surface area contributed by atoms with Crippen LogP contribution in [0.2, 0.25) is 5.28 Å². The Bertz CT molecular complexity index is 1040. The Balaban J connectivity index is 1.32. The van der Waals surface area contributed by atoms with Gasteiger partial charge in [-0.05, 0) is 44.2 Å². The molecule has 12 heteroatoms. The fraction of sp³-hybridized carbons (Fsp3) is 0.727. The Kier molecular flexibility index (Phi) is 6.54. The fourth-order valence-electron chi connectivity index (χ4n) is 5.24. The van der Waals surface area contributed by atoms with Crippen LogP contribution in [0.4, 0.5) is 10.6 Å². The Morgan fingerprint density at radius 3 is 2.62 bits per heavy atom. The Labute approximate surface area is 202 Å². The molecule has 2 aliphatic carbocycles. The zero-order valence-electron chi connectivity index (χ0n) is 19.1. The number of halogens is 1. The zero-order valence-corrected chi connectivity index (χ0v) is 19.9. The van der Waals surface area contributed by atoms with Crippen LogP contribution in [0.3, 0.4) is 0 Å².